The van der Waals surface area contributed by atoms with Gasteiger partial charge in [0, 0.05) is 22.4 Å². The lowest BCUT2D eigenvalue weighted by Crippen LogP contribution is -2.31. The molecule has 8 heteroatoms. The summed E-state index contributed by atoms with van der Waals surface area (Å²) >= 11 is 4.75. The van der Waals surface area contributed by atoms with E-state index in [0.29, 0.717) is 16.6 Å². The molecule has 1 unspecified atom stereocenters. The Morgan fingerprint density at radius 1 is 1.38 bits per heavy atom. The minimum Gasteiger partial charge on any atom is -0.339 e. The van der Waals surface area contributed by atoms with Crippen molar-refractivity contribution in [3.63, 3.8) is 0 Å². The topological polar surface area (TPSA) is 80.9 Å². The van der Waals surface area contributed by atoms with Gasteiger partial charge in [-0.2, -0.15) is 4.98 Å². The van der Waals surface area contributed by atoms with E-state index in [2.05, 4.69) is 36.4 Å². The predicted octanol–water partition coefficient (Wildman–Crippen LogP) is 4.08. The molecule has 3 heterocycles. The molecule has 6 nitrogen and oxygen atoms in total. The number of halogens is 1. The first kappa shape index (κ1) is 16.8. The van der Waals surface area contributed by atoms with Crippen LogP contribution in [0.25, 0.3) is 11.4 Å². The largest absolute Gasteiger partial charge is 0.339 e. The molecule has 0 saturated heterocycles. The van der Waals surface area contributed by atoms with E-state index in [-0.39, 0.29) is 17.9 Å². The van der Waals surface area contributed by atoms with E-state index in [9.17, 15) is 4.79 Å². The Bertz CT molecular complexity index is 831. The maximum Gasteiger partial charge on any atom is 0.263 e. The number of thiophene rings is 1. The number of rotatable bonds is 5. The van der Waals surface area contributed by atoms with Gasteiger partial charge >= 0.3 is 0 Å². The summed E-state index contributed by atoms with van der Waals surface area (Å²) < 4.78 is 6.15. The van der Waals surface area contributed by atoms with Gasteiger partial charge in [0.2, 0.25) is 11.7 Å². The third-order valence-electron chi connectivity index (χ3n) is 3.40. The molecule has 0 saturated carbocycles. The summed E-state index contributed by atoms with van der Waals surface area (Å²) in [7, 11) is 0. The number of carbonyl (C=O) groups excluding carboxylic acids is 1. The van der Waals surface area contributed by atoms with Crippen LogP contribution in [0, 0.1) is 5.92 Å². The summed E-state index contributed by atoms with van der Waals surface area (Å²) in [5.74, 6) is 0.756. The van der Waals surface area contributed by atoms with E-state index in [1.165, 1.54) is 11.3 Å². The molecule has 124 valence electrons. The summed E-state index contributed by atoms with van der Waals surface area (Å²) in [5, 5.41) is 8.82. The molecule has 0 spiro atoms. The minimum atomic E-state index is -0.371. The first-order valence-electron chi connectivity index (χ1n) is 7.34. The monoisotopic (exact) mass is 406 g/mol. The number of aromatic nitrogens is 3. The number of nitrogens with one attached hydrogen (secondary N) is 1. The van der Waals surface area contributed by atoms with Crippen molar-refractivity contribution >= 4 is 33.2 Å². The predicted molar refractivity (Wildman–Crippen MR) is 94.6 cm³/mol. The van der Waals surface area contributed by atoms with Crippen molar-refractivity contribution in [3.05, 3.63) is 51.2 Å². The highest BCUT2D eigenvalue weighted by molar-refractivity contribution is 9.10. The van der Waals surface area contributed by atoms with E-state index in [0.717, 1.165) is 10.0 Å². The second-order valence-corrected chi connectivity index (χ2v) is 7.26. The maximum absolute atomic E-state index is 12.5. The first-order chi connectivity index (χ1) is 11.6. The van der Waals surface area contributed by atoms with Gasteiger partial charge in [-0.05, 0) is 45.4 Å². The molecule has 1 amide bonds. The highest BCUT2D eigenvalue weighted by Crippen LogP contribution is 2.26. The maximum atomic E-state index is 12.5. The van der Waals surface area contributed by atoms with Crippen molar-refractivity contribution in [1.29, 1.82) is 0 Å². The number of nitrogens with zero attached hydrogens (tertiary/aromatic N) is 3. The van der Waals surface area contributed by atoms with Gasteiger partial charge in [-0.15, -0.1) is 11.3 Å². The molecule has 0 aliphatic heterocycles. The van der Waals surface area contributed by atoms with Crippen LogP contribution < -0.4 is 5.32 Å². The van der Waals surface area contributed by atoms with Crippen LogP contribution in [0.4, 0.5) is 0 Å². The molecule has 24 heavy (non-hydrogen) atoms. The van der Waals surface area contributed by atoms with Crippen LogP contribution in [-0.2, 0) is 0 Å². The summed E-state index contributed by atoms with van der Waals surface area (Å²) in [6.07, 6.45) is 3.35. The fourth-order valence-corrected chi connectivity index (χ4v) is 3.60. The van der Waals surface area contributed by atoms with Gasteiger partial charge in [0.05, 0.1) is 0 Å². The summed E-state index contributed by atoms with van der Waals surface area (Å²) in [5.41, 5.74) is 0.766. The number of hydrogen-bond donors (Lipinski definition) is 1. The first-order valence-corrected chi connectivity index (χ1v) is 9.01. The van der Waals surface area contributed by atoms with E-state index < -0.39 is 0 Å². The van der Waals surface area contributed by atoms with Crippen LogP contribution in [0.3, 0.4) is 0 Å². The van der Waals surface area contributed by atoms with Gasteiger partial charge in [0.25, 0.3) is 5.91 Å². The standard InChI is InChI=1S/C16H15BrN4O2S/c1-9(2)12(19-15(22)13-11(17)5-7-24-13)16-20-14(21-23-16)10-4-3-6-18-8-10/h3-9,12H,1-2H3,(H,19,22). The van der Waals surface area contributed by atoms with Gasteiger partial charge in [-0.3, -0.25) is 9.78 Å². The quantitative estimate of drug-likeness (QED) is 0.689. The lowest BCUT2D eigenvalue weighted by atomic mass is 10.0. The van der Waals surface area contributed by atoms with Crippen molar-refractivity contribution < 1.29 is 9.32 Å². The van der Waals surface area contributed by atoms with E-state index in [4.69, 9.17) is 4.52 Å². The third kappa shape index (κ3) is 3.54. The molecule has 0 bridgehead atoms. The zero-order chi connectivity index (χ0) is 17.1. The molecular formula is C16H15BrN4O2S. The molecule has 3 aromatic heterocycles. The van der Waals surface area contributed by atoms with Crippen molar-refractivity contribution in [2.45, 2.75) is 19.9 Å². The molecule has 0 radical (unpaired) electrons. The number of carbonyl (C=O) groups is 1. The van der Waals surface area contributed by atoms with Gasteiger partial charge < -0.3 is 9.84 Å². The minimum absolute atomic E-state index is 0.0925. The molecular weight excluding hydrogens is 392 g/mol. The van der Waals surface area contributed by atoms with Crippen molar-refractivity contribution in [2.75, 3.05) is 0 Å². The molecule has 3 rings (SSSR count). The Morgan fingerprint density at radius 2 is 2.21 bits per heavy atom. The zero-order valence-corrected chi connectivity index (χ0v) is 15.5. The van der Waals surface area contributed by atoms with Crippen LogP contribution in [0.15, 0.2) is 45.0 Å². The summed E-state index contributed by atoms with van der Waals surface area (Å²) in [6.45, 7) is 3.98. The zero-order valence-electron chi connectivity index (χ0n) is 13.1. The van der Waals surface area contributed by atoms with E-state index in [1.54, 1.807) is 18.5 Å². The third-order valence-corrected chi connectivity index (χ3v) is 5.24. The fraction of sp³-hybridized carbons (Fsp3) is 0.250. The summed E-state index contributed by atoms with van der Waals surface area (Å²) in [4.78, 5) is 21.5. The molecule has 0 fully saturated rings. The summed E-state index contributed by atoms with van der Waals surface area (Å²) in [6, 6.07) is 5.13. The van der Waals surface area contributed by atoms with Crippen molar-refractivity contribution in [1.82, 2.24) is 20.4 Å². The number of pyridine rings is 1. The van der Waals surface area contributed by atoms with E-state index >= 15 is 0 Å². The van der Waals surface area contributed by atoms with Gasteiger partial charge in [-0.1, -0.05) is 19.0 Å². The average Bonchev–Trinajstić information content (AvgIpc) is 3.22. The molecule has 0 aliphatic carbocycles. The Hall–Kier alpha value is -2.06. The van der Waals surface area contributed by atoms with Crippen LogP contribution >= 0.6 is 27.3 Å². The Labute approximate surface area is 151 Å². The lowest BCUT2D eigenvalue weighted by molar-refractivity contribution is 0.0917. The fourth-order valence-electron chi connectivity index (χ4n) is 2.15. The van der Waals surface area contributed by atoms with Gasteiger partial charge in [0.1, 0.15) is 10.9 Å². The van der Waals surface area contributed by atoms with Crippen LogP contribution in [0.5, 0.6) is 0 Å². The van der Waals surface area contributed by atoms with Crippen molar-refractivity contribution in [2.24, 2.45) is 5.92 Å². The average molecular weight is 407 g/mol. The molecule has 1 N–H and O–H groups in total. The van der Waals surface area contributed by atoms with E-state index in [1.807, 2.05) is 31.4 Å². The Morgan fingerprint density at radius 3 is 2.83 bits per heavy atom. The Kier molecular flexibility index (Phi) is 5.06. The highest BCUT2D eigenvalue weighted by atomic mass is 79.9. The molecule has 1 atom stereocenters. The van der Waals surface area contributed by atoms with Gasteiger partial charge in [-0.25, -0.2) is 0 Å². The van der Waals surface area contributed by atoms with Crippen LogP contribution in [-0.4, -0.2) is 21.0 Å². The van der Waals surface area contributed by atoms with Crippen LogP contribution in [0.1, 0.15) is 35.5 Å². The number of amides is 1. The normalized spacial score (nSPS) is 12.3. The number of hydrogen-bond acceptors (Lipinski definition) is 6. The molecule has 3 aromatic rings. The smallest absolute Gasteiger partial charge is 0.263 e. The SMILES string of the molecule is CC(C)C(NC(=O)c1sccc1Br)c1nc(-c2cccnc2)no1. The van der Waals surface area contributed by atoms with Crippen molar-refractivity contribution in [3.8, 4) is 11.4 Å². The van der Waals surface area contributed by atoms with Gasteiger partial charge in [0.15, 0.2) is 0 Å². The molecule has 0 aliphatic rings. The van der Waals surface area contributed by atoms with Crippen LogP contribution in [0.2, 0.25) is 0 Å². The highest BCUT2D eigenvalue weighted by Gasteiger charge is 2.26. The lowest BCUT2D eigenvalue weighted by Gasteiger charge is -2.18. The second-order valence-electron chi connectivity index (χ2n) is 5.49. The Balaban J connectivity index is 1.83. The molecule has 0 aromatic carbocycles. The second kappa shape index (κ2) is 7.23.